The Balaban J connectivity index is 2.44. The fourth-order valence-corrected chi connectivity index (χ4v) is 3.38. The first-order valence-electron chi connectivity index (χ1n) is 4.62. The van der Waals surface area contributed by atoms with Crippen molar-refractivity contribution < 1.29 is 18.8 Å². The Labute approximate surface area is 79.3 Å². The Morgan fingerprint density at radius 2 is 2.08 bits per heavy atom. The number of hydrogen-bond donors (Lipinski definition) is 2. The average molecular weight is 208 g/mol. The number of hydrogen-bond acceptors (Lipinski definition) is 3. The molecule has 0 amide bonds. The van der Waals surface area contributed by atoms with Gasteiger partial charge in [-0.2, -0.15) is 0 Å². The number of nitrogens with two attached hydrogens (primary N) is 1. The molecule has 0 aliphatic carbocycles. The van der Waals surface area contributed by atoms with Crippen LogP contribution in [0.15, 0.2) is 0 Å². The van der Waals surface area contributed by atoms with Crippen molar-refractivity contribution in [1.29, 1.82) is 0 Å². The SMILES string of the molecule is CC(C)C[NH2+]C1CS(=O)(=O)CC1O. The zero-order chi connectivity index (χ0) is 10.1. The third-order valence-corrected chi connectivity index (χ3v) is 4.02. The van der Waals surface area contributed by atoms with Crippen molar-refractivity contribution in [2.24, 2.45) is 5.92 Å². The summed E-state index contributed by atoms with van der Waals surface area (Å²) in [5.41, 5.74) is 0. The summed E-state index contributed by atoms with van der Waals surface area (Å²) in [6, 6.07) is -0.146. The average Bonchev–Trinajstić information content (AvgIpc) is 2.20. The molecule has 0 aromatic carbocycles. The molecule has 5 heteroatoms. The normalized spacial score (nSPS) is 32.6. The van der Waals surface area contributed by atoms with Gasteiger partial charge in [0, 0.05) is 5.92 Å². The van der Waals surface area contributed by atoms with Gasteiger partial charge in [-0.05, 0) is 0 Å². The van der Waals surface area contributed by atoms with Crippen molar-refractivity contribution in [2.45, 2.75) is 26.0 Å². The first kappa shape index (κ1) is 10.9. The highest BCUT2D eigenvalue weighted by Crippen LogP contribution is 2.09. The number of quaternary nitrogens is 1. The molecule has 1 rings (SSSR count). The van der Waals surface area contributed by atoms with E-state index in [2.05, 4.69) is 13.8 Å². The van der Waals surface area contributed by atoms with Crippen LogP contribution < -0.4 is 5.32 Å². The molecular weight excluding hydrogens is 190 g/mol. The van der Waals surface area contributed by atoms with Crippen LogP contribution in [0.25, 0.3) is 0 Å². The number of rotatable bonds is 3. The van der Waals surface area contributed by atoms with E-state index in [0.717, 1.165) is 6.54 Å². The van der Waals surface area contributed by atoms with E-state index in [1.54, 1.807) is 0 Å². The van der Waals surface area contributed by atoms with Crippen LogP contribution in [0.1, 0.15) is 13.8 Å². The quantitative estimate of drug-likeness (QED) is 0.584. The molecule has 1 saturated heterocycles. The molecule has 1 aliphatic rings. The monoisotopic (exact) mass is 208 g/mol. The van der Waals surface area contributed by atoms with Gasteiger partial charge in [-0.3, -0.25) is 0 Å². The van der Waals surface area contributed by atoms with Gasteiger partial charge in [0.05, 0.1) is 12.3 Å². The maximum atomic E-state index is 11.1. The van der Waals surface area contributed by atoms with Crippen LogP contribution in [-0.2, 0) is 9.84 Å². The summed E-state index contributed by atoms with van der Waals surface area (Å²) in [7, 11) is -2.97. The zero-order valence-electron chi connectivity index (χ0n) is 8.10. The van der Waals surface area contributed by atoms with Crippen molar-refractivity contribution in [3.8, 4) is 0 Å². The Morgan fingerprint density at radius 1 is 1.46 bits per heavy atom. The summed E-state index contributed by atoms with van der Waals surface area (Å²) in [5, 5.41) is 11.4. The molecule has 1 aliphatic heterocycles. The maximum absolute atomic E-state index is 11.1. The topological polar surface area (TPSA) is 71.0 Å². The number of aliphatic hydroxyl groups is 1. The van der Waals surface area contributed by atoms with Gasteiger partial charge in [-0.15, -0.1) is 0 Å². The highest BCUT2D eigenvalue weighted by molar-refractivity contribution is 7.91. The van der Waals surface area contributed by atoms with Gasteiger partial charge in [0.2, 0.25) is 0 Å². The van der Waals surface area contributed by atoms with Crippen LogP contribution in [0.2, 0.25) is 0 Å². The van der Waals surface area contributed by atoms with Gasteiger partial charge in [0.25, 0.3) is 0 Å². The molecule has 1 fully saturated rings. The van der Waals surface area contributed by atoms with Gasteiger partial charge < -0.3 is 10.4 Å². The van der Waals surface area contributed by atoms with E-state index in [1.165, 1.54) is 0 Å². The summed E-state index contributed by atoms with van der Waals surface area (Å²) in [6.45, 7) is 5.02. The lowest BCUT2D eigenvalue weighted by Gasteiger charge is -2.12. The standard InChI is InChI=1S/C8H17NO3S/c1-6(2)3-9-7-4-13(11,12)5-8(7)10/h6-10H,3-5H2,1-2H3/p+1. The Morgan fingerprint density at radius 3 is 2.46 bits per heavy atom. The van der Waals surface area contributed by atoms with Crippen molar-refractivity contribution >= 4 is 9.84 Å². The first-order valence-corrected chi connectivity index (χ1v) is 6.44. The van der Waals surface area contributed by atoms with Crippen molar-refractivity contribution in [3.63, 3.8) is 0 Å². The fraction of sp³-hybridized carbons (Fsp3) is 1.00. The van der Waals surface area contributed by atoms with Crippen LogP contribution in [0, 0.1) is 5.92 Å². The Bertz CT molecular complexity index is 261. The third-order valence-electron chi connectivity index (χ3n) is 2.28. The van der Waals surface area contributed by atoms with Gasteiger partial charge in [-0.1, -0.05) is 13.8 Å². The van der Waals surface area contributed by atoms with E-state index in [9.17, 15) is 13.5 Å². The fourth-order valence-electron chi connectivity index (χ4n) is 1.53. The van der Waals surface area contributed by atoms with E-state index in [4.69, 9.17) is 0 Å². The van der Waals surface area contributed by atoms with Crippen LogP contribution in [0.3, 0.4) is 0 Å². The van der Waals surface area contributed by atoms with Crippen LogP contribution in [0.5, 0.6) is 0 Å². The molecule has 13 heavy (non-hydrogen) atoms. The predicted octanol–water partition coefficient (Wildman–Crippen LogP) is -1.64. The lowest BCUT2D eigenvalue weighted by Crippen LogP contribution is -2.93. The summed E-state index contributed by atoms with van der Waals surface area (Å²) >= 11 is 0. The molecule has 1 heterocycles. The minimum absolute atomic E-state index is 0.0632. The van der Waals surface area contributed by atoms with Crippen molar-refractivity contribution in [3.05, 3.63) is 0 Å². The molecule has 4 nitrogen and oxygen atoms in total. The lowest BCUT2D eigenvalue weighted by molar-refractivity contribution is -0.694. The molecule has 0 saturated carbocycles. The molecule has 3 N–H and O–H groups in total. The van der Waals surface area contributed by atoms with Gasteiger partial charge in [0.15, 0.2) is 9.84 Å². The second kappa shape index (κ2) is 3.94. The van der Waals surface area contributed by atoms with E-state index in [0.29, 0.717) is 5.92 Å². The van der Waals surface area contributed by atoms with Crippen LogP contribution >= 0.6 is 0 Å². The molecule has 0 aromatic rings. The molecule has 0 radical (unpaired) electrons. The smallest absolute Gasteiger partial charge is 0.159 e. The Hall–Kier alpha value is -0.130. The van der Waals surface area contributed by atoms with E-state index < -0.39 is 15.9 Å². The van der Waals surface area contributed by atoms with Crippen molar-refractivity contribution in [1.82, 2.24) is 0 Å². The highest BCUT2D eigenvalue weighted by atomic mass is 32.2. The van der Waals surface area contributed by atoms with Crippen LogP contribution in [0.4, 0.5) is 0 Å². The minimum Gasteiger partial charge on any atom is -0.386 e. The van der Waals surface area contributed by atoms with E-state index >= 15 is 0 Å². The molecule has 0 aromatic heterocycles. The second-order valence-electron chi connectivity index (χ2n) is 4.17. The molecule has 2 atom stereocenters. The summed E-state index contributed by atoms with van der Waals surface area (Å²) in [5.74, 6) is 0.586. The van der Waals surface area contributed by atoms with E-state index in [-0.39, 0.29) is 17.5 Å². The van der Waals surface area contributed by atoms with E-state index in [1.807, 2.05) is 5.32 Å². The lowest BCUT2D eigenvalue weighted by atomic mass is 10.1. The molecule has 78 valence electrons. The summed E-state index contributed by atoms with van der Waals surface area (Å²) < 4.78 is 22.2. The molecule has 2 unspecified atom stereocenters. The van der Waals surface area contributed by atoms with Crippen molar-refractivity contribution in [2.75, 3.05) is 18.1 Å². The summed E-state index contributed by atoms with van der Waals surface area (Å²) in [6.07, 6.45) is -0.677. The number of aliphatic hydroxyl groups excluding tert-OH is 1. The zero-order valence-corrected chi connectivity index (χ0v) is 8.92. The maximum Gasteiger partial charge on any atom is 0.159 e. The predicted molar refractivity (Wildman–Crippen MR) is 50.1 cm³/mol. The van der Waals surface area contributed by atoms with Gasteiger partial charge in [-0.25, -0.2) is 8.42 Å². The highest BCUT2D eigenvalue weighted by Gasteiger charge is 2.38. The summed E-state index contributed by atoms with van der Waals surface area (Å²) in [4.78, 5) is 0. The number of sulfone groups is 1. The third kappa shape index (κ3) is 3.25. The molecule has 0 spiro atoms. The largest absolute Gasteiger partial charge is 0.386 e. The second-order valence-corrected chi connectivity index (χ2v) is 6.33. The van der Waals surface area contributed by atoms with Crippen LogP contribution in [-0.4, -0.2) is 43.7 Å². The Kier molecular flexibility index (Phi) is 3.32. The van der Waals surface area contributed by atoms with Gasteiger partial charge >= 0.3 is 0 Å². The van der Waals surface area contributed by atoms with Gasteiger partial charge in [0.1, 0.15) is 17.9 Å². The first-order chi connectivity index (χ1) is 5.91. The molecular formula is C8H18NO3S+. The minimum atomic E-state index is -2.97. The molecule has 0 bridgehead atoms.